The van der Waals surface area contributed by atoms with Crippen LogP contribution in [-0.2, 0) is 9.53 Å². The van der Waals surface area contributed by atoms with Crippen LogP contribution in [0.3, 0.4) is 0 Å². The Morgan fingerprint density at radius 2 is 1.91 bits per heavy atom. The summed E-state index contributed by atoms with van der Waals surface area (Å²) in [4.78, 5) is 23.8. The Balaban J connectivity index is 1.96. The van der Waals surface area contributed by atoms with Crippen molar-refractivity contribution in [2.45, 2.75) is 6.92 Å². The summed E-state index contributed by atoms with van der Waals surface area (Å²) in [6.45, 7) is 1.25. The van der Waals surface area contributed by atoms with Gasteiger partial charge in [0.1, 0.15) is 17.1 Å². The van der Waals surface area contributed by atoms with E-state index in [0.29, 0.717) is 17.0 Å². The molecule has 5 nitrogen and oxygen atoms in total. The second-order valence-corrected chi connectivity index (χ2v) is 4.78. The topological polar surface area (TPSA) is 64.6 Å². The molecule has 2 aromatic rings. The van der Waals surface area contributed by atoms with Crippen LogP contribution >= 0.6 is 0 Å². The zero-order valence-corrected chi connectivity index (χ0v) is 12.8. The average molecular weight is 317 g/mol. The largest absolute Gasteiger partial charge is 0.496 e. The quantitative estimate of drug-likeness (QED) is 0.861. The van der Waals surface area contributed by atoms with Crippen molar-refractivity contribution in [2.24, 2.45) is 0 Å². The van der Waals surface area contributed by atoms with E-state index in [-0.39, 0.29) is 5.56 Å². The lowest BCUT2D eigenvalue weighted by Crippen LogP contribution is -2.21. The van der Waals surface area contributed by atoms with Crippen LogP contribution in [0, 0.1) is 12.7 Å². The first kappa shape index (κ1) is 16.5. The molecule has 0 unspecified atom stereocenters. The van der Waals surface area contributed by atoms with Gasteiger partial charge in [-0.1, -0.05) is 18.2 Å². The lowest BCUT2D eigenvalue weighted by atomic mass is 10.2. The molecule has 120 valence electrons. The summed E-state index contributed by atoms with van der Waals surface area (Å²) >= 11 is 0. The van der Waals surface area contributed by atoms with Crippen LogP contribution in [0.25, 0.3) is 0 Å². The zero-order chi connectivity index (χ0) is 16.8. The fourth-order valence-corrected chi connectivity index (χ4v) is 1.94. The van der Waals surface area contributed by atoms with E-state index in [9.17, 15) is 14.0 Å². The van der Waals surface area contributed by atoms with Crippen molar-refractivity contribution < 1.29 is 23.5 Å². The van der Waals surface area contributed by atoms with Crippen molar-refractivity contribution in [3.8, 4) is 5.75 Å². The number of carbonyl (C=O) groups is 2. The van der Waals surface area contributed by atoms with E-state index in [0.717, 1.165) is 0 Å². The van der Waals surface area contributed by atoms with E-state index in [1.54, 1.807) is 31.2 Å². The molecule has 0 saturated carbocycles. The Morgan fingerprint density at radius 3 is 2.65 bits per heavy atom. The minimum absolute atomic E-state index is 0.227. The van der Waals surface area contributed by atoms with Gasteiger partial charge in [-0.05, 0) is 36.8 Å². The number of hydrogen-bond donors (Lipinski definition) is 1. The van der Waals surface area contributed by atoms with E-state index in [4.69, 9.17) is 9.47 Å². The Labute approximate surface area is 133 Å². The molecule has 0 spiro atoms. The Morgan fingerprint density at radius 1 is 1.17 bits per heavy atom. The van der Waals surface area contributed by atoms with Crippen LogP contribution in [0.15, 0.2) is 42.5 Å². The molecule has 0 aliphatic rings. The second-order valence-electron chi connectivity index (χ2n) is 4.78. The fourth-order valence-electron chi connectivity index (χ4n) is 1.94. The number of esters is 1. The van der Waals surface area contributed by atoms with Gasteiger partial charge in [-0.15, -0.1) is 0 Å². The van der Waals surface area contributed by atoms with Crippen LogP contribution in [-0.4, -0.2) is 25.6 Å². The zero-order valence-electron chi connectivity index (χ0n) is 12.8. The molecule has 2 rings (SSSR count). The fraction of sp³-hybridized carbons (Fsp3) is 0.176. The number of para-hydroxylation sites is 1. The van der Waals surface area contributed by atoms with Gasteiger partial charge < -0.3 is 14.8 Å². The minimum Gasteiger partial charge on any atom is -0.496 e. The van der Waals surface area contributed by atoms with Gasteiger partial charge in [-0.25, -0.2) is 9.18 Å². The van der Waals surface area contributed by atoms with Crippen molar-refractivity contribution in [1.29, 1.82) is 0 Å². The number of rotatable bonds is 5. The third-order valence-corrected chi connectivity index (χ3v) is 3.13. The van der Waals surface area contributed by atoms with Gasteiger partial charge in [0.2, 0.25) is 0 Å². The molecule has 23 heavy (non-hydrogen) atoms. The summed E-state index contributed by atoms with van der Waals surface area (Å²) in [5, 5.41) is 2.50. The molecule has 0 bridgehead atoms. The molecule has 0 aliphatic heterocycles. The first-order valence-corrected chi connectivity index (χ1v) is 6.87. The number of hydrogen-bond acceptors (Lipinski definition) is 4. The third kappa shape index (κ3) is 4.29. The molecule has 0 saturated heterocycles. The number of anilines is 1. The molecule has 2 aromatic carbocycles. The first-order valence-electron chi connectivity index (χ1n) is 6.87. The first-order chi connectivity index (χ1) is 11.0. The highest BCUT2D eigenvalue weighted by Gasteiger charge is 2.15. The molecule has 0 fully saturated rings. The number of halogens is 1. The maximum Gasteiger partial charge on any atom is 0.342 e. The number of nitrogens with one attached hydrogen (secondary N) is 1. The Hall–Kier alpha value is -2.89. The lowest BCUT2D eigenvalue weighted by molar-refractivity contribution is -0.119. The standard InChI is InChI=1S/C17H16FNO4/c1-11-7-8-12(18)9-14(11)19-16(20)10-23-17(21)13-5-3-4-6-15(13)22-2/h3-9H,10H2,1-2H3,(H,19,20). The van der Waals surface area contributed by atoms with E-state index < -0.39 is 24.3 Å². The van der Waals surface area contributed by atoms with Gasteiger partial charge in [0.15, 0.2) is 6.61 Å². The van der Waals surface area contributed by atoms with E-state index in [1.807, 2.05) is 0 Å². The van der Waals surface area contributed by atoms with Crippen molar-refractivity contribution in [1.82, 2.24) is 0 Å². The Kier molecular flexibility index (Phi) is 5.30. The molecular formula is C17H16FNO4. The third-order valence-electron chi connectivity index (χ3n) is 3.13. The number of aryl methyl sites for hydroxylation is 1. The average Bonchev–Trinajstić information content (AvgIpc) is 2.56. The van der Waals surface area contributed by atoms with Gasteiger partial charge in [0, 0.05) is 5.69 Å². The molecule has 0 radical (unpaired) electrons. The Bertz CT molecular complexity index is 730. The number of ether oxygens (including phenoxy) is 2. The molecule has 0 aliphatic carbocycles. The monoisotopic (exact) mass is 317 g/mol. The van der Waals surface area contributed by atoms with Crippen LogP contribution in [0.1, 0.15) is 15.9 Å². The highest BCUT2D eigenvalue weighted by Crippen LogP contribution is 2.18. The molecule has 0 heterocycles. The summed E-state index contributed by atoms with van der Waals surface area (Å²) in [5.74, 6) is -1.33. The molecule has 1 N–H and O–H groups in total. The van der Waals surface area contributed by atoms with Crippen molar-refractivity contribution in [3.05, 3.63) is 59.4 Å². The van der Waals surface area contributed by atoms with Crippen LogP contribution in [0.2, 0.25) is 0 Å². The van der Waals surface area contributed by atoms with Crippen LogP contribution in [0.4, 0.5) is 10.1 Å². The van der Waals surface area contributed by atoms with Crippen LogP contribution < -0.4 is 10.1 Å². The number of amides is 1. The smallest absolute Gasteiger partial charge is 0.342 e. The number of methoxy groups -OCH3 is 1. The predicted molar refractivity (Wildman–Crippen MR) is 83.0 cm³/mol. The maximum absolute atomic E-state index is 13.2. The summed E-state index contributed by atoms with van der Waals surface area (Å²) < 4.78 is 23.2. The summed E-state index contributed by atoms with van der Waals surface area (Å²) in [5.41, 5.74) is 1.27. The number of carbonyl (C=O) groups excluding carboxylic acids is 2. The second kappa shape index (κ2) is 7.40. The van der Waals surface area contributed by atoms with Crippen LogP contribution in [0.5, 0.6) is 5.75 Å². The molecule has 1 amide bonds. The summed E-state index contributed by atoms with van der Waals surface area (Å²) in [7, 11) is 1.44. The van der Waals surface area contributed by atoms with Gasteiger partial charge >= 0.3 is 5.97 Å². The number of benzene rings is 2. The molecule has 0 atom stereocenters. The molecular weight excluding hydrogens is 301 g/mol. The van der Waals surface area contributed by atoms with Gasteiger partial charge in [-0.2, -0.15) is 0 Å². The maximum atomic E-state index is 13.2. The summed E-state index contributed by atoms with van der Waals surface area (Å²) in [6, 6.07) is 10.6. The SMILES string of the molecule is COc1ccccc1C(=O)OCC(=O)Nc1cc(F)ccc1C. The highest BCUT2D eigenvalue weighted by atomic mass is 19.1. The minimum atomic E-state index is -0.673. The van der Waals surface area contributed by atoms with Crippen molar-refractivity contribution >= 4 is 17.6 Å². The highest BCUT2D eigenvalue weighted by molar-refractivity contribution is 5.97. The molecule has 0 aromatic heterocycles. The van der Waals surface area contributed by atoms with Crippen molar-refractivity contribution in [3.63, 3.8) is 0 Å². The predicted octanol–water partition coefficient (Wildman–Crippen LogP) is 2.94. The van der Waals surface area contributed by atoms with E-state index in [1.165, 1.54) is 25.3 Å². The van der Waals surface area contributed by atoms with E-state index >= 15 is 0 Å². The van der Waals surface area contributed by atoms with Gasteiger partial charge in [-0.3, -0.25) is 4.79 Å². The summed E-state index contributed by atoms with van der Waals surface area (Å²) in [6.07, 6.45) is 0. The van der Waals surface area contributed by atoms with Crippen molar-refractivity contribution in [2.75, 3.05) is 19.0 Å². The van der Waals surface area contributed by atoms with Gasteiger partial charge in [0.25, 0.3) is 5.91 Å². The lowest BCUT2D eigenvalue weighted by Gasteiger charge is -2.10. The normalized spacial score (nSPS) is 10.0. The van der Waals surface area contributed by atoms with Gasteiger partial charge in [0.05, 0.1) is 7.11 Å². The van der Waals surface area contributed by atoms with E-state index in [2.05, 4.69) is 5.32 Å². The molecule has 6 heteroatoms.